The van der Waals surface area contributed by atoms with Gasteiger partial charge in [-0.2, -0.15) is 0 Å². The van der Waals surface area contributed by atoms with Crippen LogP contribution in [0.25, 0.3) is 11.0 Å². The number of hydrogen-bond donors (Lipinski definition) is 0. The molecule has 0 aliphatic heterocycles. The van der Waals surface area contributed by atoms with Crippen LogP contribution in [-0.4, -0.2) is 16.6 Å². The lowest BCUT2D eigenvalue weighted by Crippen LogP contribution is -2.02. The fraction of sp³-hybridized carbons (Fsp3) is 0.385. The largest absolute Gasteiger partial charge is 0.477 e. The summed E-state index contributed by atoms with van der Waals surface area (Å²) in [7, 11) is 0. The monoisotopic (exact) mass is 216 g/mol. The van der Waals surface area contributed by atoms with Crippen molar-refractivity contribution in [3.05, 3.63) is 30.0 Å². The summed E-state index contributed by atoms with van der Waals surface area (Å²) in [6.07, 6.45) is 1.96. The predicted molar refractivity (Wildman–Crippen MR) is 64.7 cm³/mol. The van der Waals surface area contributed by atoms with Crippen LogP contribution in [0.15, 0.2) is 24.3 Å². The van der Waals surface area contributed by atoms with Crippen molar-refractivity contribution in [1.82, 2.24) is 9.97 Å². The van der Waals surface area contributed by atoms with Gasteiger partial charge in [0.1, 0.15) is 5.69 Å². The van der Waals surface area contributed by atoms with E-state index in [1.165, 1.54) is 0 Å². The highest BCUT2D eigenvalue weighted by molar-refractivity contribution is 5.74. The van der Waals surface area contributed by atoms with Crippen molar-refractivity contribution in [2.24, 2.45) is 0 Å². The second-order valence-corrected chi connectivity index (χ2v) is 3.65. The number of para-hydroxylation sites is 2. The van der Waals surface area contributed by atoms with Crippen LogP contribution in [0.4, 0.5) is 0 Å². The molecule has 0 amide bonds. The van der Waals surface area contributed by atoms with Crippen LogP contribution in [0, 0.1) is 0 Å². The second-order valence-electron chi connectivity index (χ2n) is 3.65. The third-order valence-electron chi connectivity index (χ3n) is 2.37. The van der Waals surface area contributed by atoms with E-state index in [0.29, 0.717) is 12.5 Å². The summed E-state index contributed by atoms with van der Waals surface area (Å²) in [6, 6.07) is 7.89. The molecule has 1 aromatic carbocycles. The zero-order valence-electron chi connectivity index (χ0n) is 9.73. The van der Waals surface area contributed by atoms with E-state index in [4.69, 9.17) is 4.74 Å². The summed E-state index contributed by atoms with van der Waals surface area (Å²) in [5.41, 5.74) is 2.79. The molecule has 0 spiro atoms. The quantitative estimate of drug-likeness (QED) is 0.788. The number of aromatic nitrogens is 2. The van der Waals surface area contributed by atoms with E-state index in [1.54, 1.807) is 0 Å². The van der Waals surface area contributed by atoms with Crippen molar-refractivity contribution in [1.29, 1.82) is 0 Å². The molecule has 0 atom stereocenters. The molecular weight excluding hydrogens is 200 g/mol. The fourth-order valence-electron chi connectivity index (χ4n) is 1.67. The maximum Gasteiger partial charge on any atom is 0.236 e. The molecule has 3 heteroatoms. The van der Waals surface area contributed by atoms with Gasteiger partial charge in [-0.1, -0.05) is 25.5 Å². The van der Waals surface area contributed by atoms with Gasteiger partial charge in [0.2, 0.25) is 5.88 Å². The van der Waals surface area contributed by atoms with Gasteiger partial charge in [-0.25, -0.2) is 9.97 Å². The molecule has 0 aliphatic rings. The van der Waals surface area contributed by atoms with Gasteiger partial charge in [0.15, 0.2) is 0 Å². The Hall–Kier alpha value is -1.64. The first-order valence-electron chi connectivity index (χ1n) is 5.73. The Bertz CT molecular complexity index is 438. The van der Waals surface area contributed by atoms with E-state index in [9.17, 15) is 0 Å². The highest BCUT2D eigenvalue weighted by atomic mass is 16.5. The molecule has 3 nitrogen and oxygen atoms in total. The number of fused-ring (bicyclic) bond motifs is 1. The summed E-state index contributed by atoms with van der Waals surface area (Å²) in [4.78, 5) is 9.09. The number of nitrogens with zero attached hydrogens (tertiary/aromatic N) is 2. The maximum atomic E-state index is 5.52. The minimum Gasteiger partial charge on any atom is -0.477 e. The topological polar surface area (TPSA) is 35.0 Å². The Morgan fingerprint density at radius 1 is 1.06 bits per heavy atom. The highest BCUT2D eigenvalue weighted by Crippen LogP contribution is 2.19. The van der Waals surface area contributed by atoms with E-state index in [-0.39, 0.29) is 0 Å². The van der Waals surface area contributed by atoms with Crippen LogP contribution in [0.3, 0.4) is 0 Å². The molecule has 0 unspecified atom stereocenters. The number of rotatable bonds is 4. The molecule has 0 N–H and O–H groups in total. The third-order valence-corrected chi connectivity index (χ3v) is 2.37. The normalized spacial score (nSPS) is 10.6. The average molecular weight is 216 g/mol. The van der Waals surface area contributed by atoms with Crippen molar-refractivity contribution < 1.29 is 4.74 Å². The SMILES string of the molecule is CCCc1nc2ccccc2nc1OCC. The maximum absolute atomic E-state index is 5.52. The minimum atomic E-state index is 0.629. The molecular formula is C13H16N2O. The summed E-state index contributed by atoms with van der Waals surface area (Å²) < 4.78 is 5.52. The van der Waals surface area contributed by atoms with E-state index in [2.05, 4.69) is 16.9 Å². The van der Waals surface area contributed by atoms with Crippen LogP contribution < -0.4 is 4.74 Å². The van der Waals surface area contributed by atoms with Gasteiger partial charge in [0.05, 0.1) is 17.6 Å². The smallest absolute Gasteiger partial charge is 0.236 e. The number of aryl methyl sites for hydroxylation is 1. The molecule has 1 aromatic heterocycles. The Kier molecular flexibility index (Phi) is 3.34. The molecule has 0 radical (unpaired) electrons. The Labute approximate surface area is 95.5 Å². The van der Waals surface area contributed by atoms with Gasteiger partial charge in [-0.05, 0) is 25.5 Å². The summed E-state index contributed by atoms with van der Waals surface area (Å²) >= 11 is 0. The van der Waals surface area contributed by atoms with Crippen LogP contribution in [-0.2, 0) is 6.42 Å². The first-order valence-corrected chi connectivity index (χ1v) is 5.73. The van der Waals surface area contributed by atoms with Gasteiger partial charge in [0, 0.05) is 0 Å². The number of hydrogen-bond acceptors (Lipinski definition) is 3. The Balaban J connectivity index is 2.51. The average Bonchev–Trinajstić information content (AvgIpc) is 2.30. The van der Waals surface area contributed by atoms with Gasteiger partial charge < -0.3 is 4.74 Å². The predicted octanol–water partition coefficient (Wildman–Crippen LogP) is 2.98. The van der Waals surface area contributed by atoms with E-state index in [0.717, 1.165) is 29.6 Å². The van der Waals surface area contributed by atoms with Crippen LogP contribution in [0.1, 0.15) is 26.0 Å². The summed E-state index contributed by atoms with van der Waals surface area (Å²) in [6.45, 7) is 4.73. The lowest BCUT2D eigenvalue weighted by molar-refractivity contribution is 0.322. The molecule has 84 valence electrons. The molecule has 1 heterocycles. The lowest BCUT2D eigenvalue weighted by atomic mass is 10.2. The standard InChI is InChI=1S/C13H16N2O/c1-3-7-12-13(16-4-2)15-11-9-6-5-8-10(11)14-12/h5-6,8-9H,3-4,7H2,1-2H3. The van der Waals surface area contributed by atoms with Gasteiger partial charge in [-0.3, -0.25) is 0 Å². The zero-order valence-corrected chi connectivity index (χ0v) is 9.73. The van der Waals surface area contributed by atoms with E-state index in [1.807, 2.05) is 31.2 Å². The number of benzene rings is 1. The van der Waals surface area contributed by atoms with Crippen LogP contribution in [0.2, 0.25) is 0 Å². The fourth-order valence-corrected chi connectivity index (χ4v) is 1.67. The zero-order chi connectivity index (χ0) is 11.4. The van der Waals surface area contributed by atoms with Crippen molar-refractivity contribution in [2.75, 3.05) is 6.61 Å². The molecule has 2 rings (SSSR count). The minimum absolute atomic E-state index is 0.629. The first-order chi connectivity index (χ1) is 7.85. The van der Waals surface area contributed by atoms with Gasteiger partial charge in [0.25, 0.3) is 0 Å². The molecule has 0 aliphatic carbocycles. The van der Waals surface area contributed by atoms with Crippen molar-refractivity contribution in [3.8, 4) is 5.88 Å². The lowest BCUT2D eigenvalue weighted by Gasteiger charge is -2.08. The third kappa shape index (κ3) is 2.13. The molecule has 0 fully saturated rings. The van der Waals surface area contributed by atoms with Gasteiger partial charge >= 0.3 is 0 Å². The Morgan fingerprint density at radius 3 is 2.38 bits per heavy atom. The highest BCUT2D eigenvalue weighted by Gasteiger charge is 2.08. The Morgan fingerprint density at radius 2 is 1.75 bits per heavy atom. The molecule has 2 aromatic rings. The summed E-state index contributed by atoms with van der Waals surface area (Å²) in [5.74, 6) is 0.683. The van der Waals surface area contributed by atoms with E-state index >= 15 is 0 Å². The van der Waals surface area contributed by atoms with Crippen molar-refractivity contribution in [2.45, 2.75) is 26.7 Å². The van der Waals surface area contributed by atoms with Crippen molar-refractivity contribution >= 4 is 11.0 Å². The molecule has 0 bridgehead atoms. The van der Waals surface area contributed by atoms with Crippen molar-refractivity contribution in [3.63, 3.8) is 0 Å². The van der Waals surface area contributed by atoms with Crippen LogP contribution in [0.5, 0.6) is 5.88 Å². The number of ether oxygens (including phenoxy) is 1. The second kappa shape index (κ2) is 4.92. The van der Waals surface area contributed by atoms with Crippen LogP contribution >= 0.6 is 0 Å². The summed E-state index contributed by atoms with van der Waals surface area (Å²) in [5, 5.41) is 0. The van der Waals surface area contributed by atoms with Gasteiger partial charge in [-0.15, -0.1) is 0 Å². The molecule has 0 saturated heterocycles. The first kappa shape index (κ1) is 10.9. The molecule has 16 heavy (non-hydrogen) atoms. The van der Waals surface area contributed by atoms with E-state index < -0.39 is 0 Å². The molecule has 0 saturated carbocycles.